The van der Waals surface area contributed by atoms with Gasteiger partial charge in [-0.1, -0.05) is 29.8 Å². The molecular formula is C20H19FN2O2. The maximum Gasteiger partial charge on any atom is 0.247 e. The summed E-state index contributed by atoms with van der Waals surface area (Å²) in [5.74, 6) is 0.822. The summed E-state index contributed by atoms with van der Waals surface area (Å²) in [6.07, 6.45) is 1.46. The van der Waals surface area contributed by atoms with Gasteiger partial charge in [0, 0.05) is 18.8 Å². The molecule has 0 amide bonds. The average Bonchev–Trinajstić information content (AvgIpc) is 3.14. The highest BCUT2D eigenvalue weighted by atomic mass is 19.1. The van der Waals surface area contributed by atoms with Crippen LogP contribution in [0.25, 0.3) is 11.5 Å². The standard InChI is InChI=1S/C20H19FN2O2/c1-14-3-2-4-15(13-14)18-22-23-19(25-18)20(9-11-24-12-10-20)16-5-7-17(21)8-6-16/h2-8,13H,9-12H2,1H3. The van der Waals surface area contributed by atoms with E-state index in [1.165, 1.54) is 12.1 Å². The minimum atomic E-state index is -0.430. The van der Waals surface area contributed by atoms with Gasteiger partial charge in [0.15, 0.2) is 0 Å². The van der Waals surface area contributed by atoms with E-state index in [0.29, 0.717) is 25.0 Å². The number of benzene rings is 2. The first-order valence-corrected chi connectivity index (χ1v) is 8.42. The molecule has 25 heavy (non-hydrogen) atoms. The largest absolute Gasteiger partial charge is 0.420 e. The highest BCUT2D eigenvalue weighted by Gasteiger charge is 2.41. The van der Waals surface area contributed by atoms with Gasteiger partial charge < -0.3 is 9.15 Å². The van der Waals surface area contributed by atoms with E-state index >= 15 is 0 Å². The van der Waals surface area contributed by atoms with Crippen molar-refractivity contribution in [2.45, 2.75) is 25.2 Å². The lowest BCUT2D eigenvalue weighted by molar-refractivity contribution is 0.0546. The lowest BCUT2D eigenvalue weighted by Crippen LogP contribution is -2.35. The maximum absolute atomic E-state index is 13.4. The molecule has 0 bridgehead atoms. The van der Waals surface area contributed by atoms with Crippen molar-refractivity contribution in [3.05, 3.63) is 71.4 Å². The summed E-state index contributed by atoms with van der Waals surface area (Å²) < 4.78 is 25.0. The van der Waals surface area contributed by atoms with Gasteiger partial charge in [-0.3, -0.25) is 0 Å². The molecule has 0 radical (unpaired) electrons. The van der Waals surface area contributed by atoms with E-state index < -0.39 is 5.41 Å². The quantitative estimate of drug-likeness (QED) is 0.715. The summed E-state index contributed by atoms with van der Waals surface area (Å²) >= 11 is 0. The van der Waals surface area contributed by atoms with Gasteiger partial charge in [0.05, 0.1) is 5.41 Å². The van der Waals surface area contributed by atoms with Crippen molar-refractivity contribution in [3.63, 3.8) is 0 Å². The first-order valence-electron chi connectivity index (χ1n) is 8.42. The molecule has 0 N–H and O–H groups in total. The Labute approximate surface area is 145 Å². The molecule has 0 spiro atoms. The van der Waals surface area contributed by atoms with Gasteiger partial charge in [0.1, 0.15) is 5.82 Å². The fraction of sp³-hybridized carbons (Fsp3) is 0.300. The summed E-state index contributed by atoms with van der Waals surface area (Å²) in [7, 11) is 0. The lowest BCUT2D eigenvalue weighted by Gasteiger charge is -2.34. The van der Waals surface area contributed by atoms with Crippen LogP contribution in [0.5, 0.6) is 0 Å². The summed E-state index contributed by atoms with van der Waals surface area (Å²) in [5, 5.41) is 8.61. The molecule has 2 heterocycles. The molecule has 4 nitrogen and oxygen atoms in total. The first kappa shape index (κ1) is 16.0. The zero-order chi connectivity index (χ0) is 17.3. The second-order valence-corrected chi connectivity index (χ2v) is 6.48. The van der Waals surface area contributed by atoms with Gasteiger partial charge in [0.2, 0.25) is 11.8 Å². The smallest absolute Gasteiger partial charge is 0.247 e. The zero-order valence-corrected chi connectivity index (χ0v) is 14.0. The van der Waals surface area contributed by atoms with Crippen molar-refractivity contribution in [2.75, 3.05) is 13.2 Å². The highest BCUT2D eigenvalue weighted by Crippen LogP contribution is 2.41. The third-order valence-electron chi connectivity index (χ3n) is 4.84. The molecule has 0 atom stereocenters. The molecule has 1 saturated heterocycles. The average molecular weight is 338 g/mol. The van der Waals surface area contributed by atoms with Gasteiger partial charge in [-0.2, -0.15) is 0 Å². The van der Waals surface area contributed by atoms with Crippen LogP contribution in [0.2, 0.25) is 0 Å². The normalized spacial score (nSPS) is 16.7. The maximum atomic E-state index is 13.4. The topological polar surface area (TPSA) is 48.2 Å². The Hall–Kier alpha value is -2.53. The van der Waals surface area contributed by atoms with Crippen molar-refractivity contribution in [3.8, 4) is 11.5 Å². The Bertz CT molecular complexity index is 867. The van der Waals surface area contributed by atoms with Crippen LogP contribution in [0.1, 0.15) is 29.9 Å². The Morgan fingerprint density at radius 3 is 2.48 bits per heavy atom. The summed E-state index contributed by atoms with van der Waals surface area (Å²) in [6.45, 7) is 3.25. The van der Waals surface area contributed by atoms with E-state index in [0.717, 1.165) is 29.5 Å². The van der Waals surface area contributed by atoms with E-state index in [-0.39, 0.29) is 5.82 Å². The van der Waals surface area contributed by atoms with Crippen LogP contribution < -0.4 is 0 Å². The number of rotatable bonds is 3. The third kappa shape index (κ3) is 2.96. The van der Waals surface area contributed by atoms with Crippen LogP contribution in [-0.2, 0) is 10.2 Å². The van der Waals surface area contributed by atoms with Crippen LogP contribution in [0.3, 0.4) is 0 Å². The number of halogens is 1. The van der Waals surface area contributed by atoms with Crippen molar-refractivity contribution in [2.24, 2.45) is 0 Å². The minimum absolute atomic E-state index is 0.253. The van der Waals surface area contributed by atoms with Crippen LogP contribution >= 0.6 is 0 Å². The zero-order valence-electron chi connectivity index (χ0n) is 14.0. The van der Waals surface area contributed by atoms with Gasteiger partial charge in [-0.15, -0.1) is 10.2 Å². The van der Waals surface area contributed by atoms with Crippen molar-refractivity contribution in [1.82, 2.24) is 10.2 Å². The molecule has 1 aliphatic rings. The number of ether oxygens (including phenoxy) is 1. The monoisotopic (exact) mass is 338 g/mol. The molecule has 0 saturated carbocycles. The van der Waals surface area contributed by atoms with E-state index in [9.17, 15) is 4.39 Å². The van der Waals surface area contributed by atoms with Gasteiger partial charge in [-0.25, -0.2) is 4.39 Å². The van der Waals surface area contributed by atoms with Crippen LogP contribution in [-0.4, -0.2) is 23.4 Å². The second-order valence-electron chi connectivity index (χ2n) is 6.48. The van der Waals surface area contributed by atoms with Crippen molar-refractivity contribution in [1.29, 1.82) is 0 Å². The molecule has 0 unspecified atom stereocenters. The number of nitrogens with zero attached hydrogens (tertiary/aromatic N) is 2. The highest BCUT2D eigenvalue weighted by molar-refractivity contribution is 5.54. The number of aromatic nitrogens is 2. The number of hydrogen-bond acceptors (Lipinski definition) is 4. The summed E-state index contributed by atoms with van der Waals surface area (Å²) in [5.41, 5.74) is 2.59. The number of aryl methyl sites for hydroxylation is 1. The van der Waals surface area contributed by atoms with E-state index in [1.54, 1.807) is 12.1 Å². The van der Waals surface area contributed by atoms with Crippen molar-refractivity contribution < 1.29 is 13.5 Å². The fourth-order valence-corrected chi connectivity index (χ4v) is 3.43. The molecule has 0 aliphatic carbocycles. The molecule has 3 aromatic rings. The summed E-state index contributed by atoms with van der Waals surface area (Å²) in [4.78, 5) is 0. The van der Waals surface area contributed by atoms with E-state index in [4.69, 9.17) is 9.15 Å². The Kier molecular flexibility index (Phi) is 4.09. The van der Waals surface area contributed by atoms with Crippen LogP contribution in [0, 0.1) is 12.7 Å². The first-order chi connectivity index (χ1) is 12.2. The Morgan fingerprint density at radius 1 is 1.00 bits per heavy atom. The molecule has 2 aromatic carbocycles. The van der Waals surface area contributed by atoms with E-state index in [1.807, 2.05) is 31.2 Å². The molecule has 4 rings (SSSR count). The fourth-order valence-electron chi connectivity index (χ4n) is 3.43. The van der Waals surface area contributed by atoms with E-state index in [2.05, 4.69) is 10.2 Å². The van der Waals surface area contributed by atoms with Crippen LogP contribution in [0.15, 0.2) is 52.9 Å². The summed E-state index contributed by atoms with van der Waals surface area (Å²) in [6, 6.07) is 14.5. The molecule has 1 aliphatic heterocycles. The van der Waals surface area contributed by atoms with Crippen LogP contribution in [0.4, 0.5) is 4.39 Å². The predicted octanol–water partition coefficient (Wildman–Crippen LogP) is 4.28. The molecule has 1 fully saturated rings. The molecule has 128 valence electrons. The minimum Gasteiger partial charge on any atom is -0.420 e. The molecule has 1 aromatic heterocycles. The number of hydrogen-bond donors (Lipinski definition) is 0. The van der Waals surface area contributed by atoms with Gasteiger partial charge in [-0.05, 0) is 49.6 Å². The van der Waals surface area contributed by atoms with Gasteiger partial charge >= 0.3 is 0 Å². The SMILES string of the molecule is Cc1cccc(-c2nnc(C3(c4ccc(F)cc4)CCOCC3)o2)c1. The second kappa shape index (κ2) is 6.41. The molecule has 5 heteroatoms. The molecular weight excluding hydrogens is 319 g/mol. The van der Waals surface area contributed by atoms with Gasteiger partial charge in [0.25, 0.3) is 0 Å². The predicted molar refractivity (Wildman–Crippen MR) is 91.7 cm³/mol. The van der Waals surface area contributed by atoms with Crippen molar-refractivity contribution >= 4 is 0 Å². The Balaban J connectivity index is 1.77. The third-order valence-corrected chi connectivity index (χ3v) is 4.84. The Morgan fingerprint density at radius 2 is 1.76 bits per heavy atom. The lowest BCUT2D eigenvalue weighted by atomic mass is 9.74.